The molecule has 3 N–H and O–H groups in total. The molecule has 0 spiro atoms. The summed E-state index contributed by atoms with van der Waals surface area (Å²) in [6.07, 6.45) is 4.79. The Morgan fingerprint density at radius 1 is 0.980 bits per heavy atom. The minimum atomic E-state index is -0.713. The first kappa shape index (κ1) is 36.7. The van der Waals surface area contributed by atoms with Gasteiger partial charge < -0.3 is 30.3 Å². The topological polar surface area (TPSA) is 111 Å². The number of fused-ring (bicyclic) bond motifs is 1. The Morgan fingerprint density at radius 2 is 1.70 bits per heavy atom. The highest BCUT2D eigenvalue weighted by molar-refractivity contribution is 5.97. The van der Waals surface area contributed by atoms with Crippen molar-refractivity contribution in [1.29, 1.82) is 0 Å². The Hall–Kier alpha value is -4.55. The number of benzene rings is 3. The number of carboxylic acid groups (broad SMARTS) is 1. The summed E-state index contributed by atoms with van der Waals surface area (Å²) in [6, 6.07) is 18.1. The predicted octanol–water partition coefficient (Wildman–Crippen LogP) is 7.38. The largest absolute Gasteiger partial charge is 0.481 e. The quantitative estimate of drug-likeness (QED) is 0.143. The van der Waals surface area contributed by atoms with Crippen LogP contribution in [0.5, 0.6) is 0 Å². The van der Waals surface area contributed by atoms with Crippen molar-refractivity contribution in [1.82, 2.24) is 15.1 Å². The number of anilines is 1. The summed E-state index contributed by atoms with van der Waals surface area (Å²) in [5.41, 5.74) is 3.86. The van der Waals surface area contributed by atoms with Crippen LogP contribution in [-0.4, -0.2) is 77.2 Å². The maximum Gasteiger partial charge on any atom is 0.410 e. The van der Waals surface area contributed by atoms with Crippen molar-refractivity contribution in [3.05, 3.63) is 76.9 Å². The van der Waals surface area contributed by atoms with Crippen LogP contribution in [0.3, 0.4) is 0 Å². The zero-order valence-electron chi connectivity index (χ0n) is 30.2. The van der Waals surface area contributed by atoms with Gasteiger partial charge in [0.1, 0.15) is 5.60 Å². The van der Waals surface area contributed by atoms with Crippen molar-refractivity contribution in [2.24, 2.45) is 5.92 Å². The molecule has 5 rings (SSSR count). The molecular weight excluding hydrogens is 628 g/mol. The number of nitrogens with one attached hydrogen (secondary N) is 2. The van der Waals surface area contributed by atoms with Crippen molar-refractivity contribution in [2.45, 2.75) is 90.8 Å². The number of unbranched alkanes of at least 4 members (excludes halogenated alkanes) is 2. The Labute approximate surface area is 296 Å². The zero-order chi connectivity index (χ0) is 35.8. The predicted molar refractivity (Wildman–Crippen MR) is 198 cm³/mol. The fourth-order valence-electron chi connectivity index (χ4n) is 6.67. The van der Waals surface area contributed by atoms with Gasteiger partial charge in [-0.05, 0) is 120 Å². The van der Waals surface area contributed by atoms with Gasteiger partial charge in [0.15, 0.2) is 0 Å². The first-order valence-corrected chi connectivity index (χ1v) is 18.0. The number of aryl methyl sites for hydroxylation is 1. The Balaban J connectivity index is 1.17. The van der Waals surface area contributed by atoms with Crippen LogP contribution in [0.1, 0.15) is 99.3 Å². The van der Waals surface area contributed by atoms with Gasteiger partial charge in [0.25, 0.3) is 5.91 Å². The molecule has 9 heteroatoms. The highest BCUT2D eigenvalue weighted by atomic mass is 16.6. The molecule has 2 amide bonds. The monoisotopic (exact) mass is 680 g/mol. The summed E-state index contributed by atoms with van der Waals surface area (Å²) >= 11 is 0. The van der Waals surface area contributed by atoms with E-state index in [1.165, 1.54) is 0 Å². The van der Waals surface area contributed by atoms with Crippen molar-refractivity contribution in [2.75, 3.05) is 38.0 Å². The van der Waals surface area contributed by atoms with Crippen LogP contribution in [0, 0.1) is 24.7 Å². The lowest BCUT2D eigenvalue weighted by Crippen LogP contribution is -2.57. The number of hydrogen-bond donors (Lipinski definition) is 3. The van der Waals surface area contributed by atoms with Gasteiger partial charge in [0, 0.05) is 42.2 Å². The van der Waals surface area contributed by atoms with Crippen molar-refractivity contribution >= 4 is 34.4 Å². The molecule has 9 nitrogen and oxygen atoms in total. The number of rotatable bonds is 11. The molecule has 2 fully saturated rings. The van der Waals surface area contributed by atoms with E-state index in [0.717, 1.165) is 84.9 Å². The highest BCUT2D eigenvalue weighted by Gasteiger charge is 2.33. The summed E-state index contributed by atoms with van der Waals surface area (Å²) in [7, 11) is 0. The maximum absolute atomic E-state index is 13.6. The Kier molecular flexibility index (Phi) is 12.1. The molecule has 266 valence electrons. The fourth-order valence-corrected chi connectivity index (χ4v) is 6.67. The second kappa shape index (κ2) is 16.4. The third kappa shape index (κ3) is 10.0. The number of ether oxygens (including phenoxy) is 1. The number of carbonyl (C=O) groups excluding carboxylic acids is 2. The summed E-state index contributed by atoms with van der Waals surface area (Å²) in [4.78, 5) is 40.8. The average Bonchev–Trinajstić information content (AvgIpc) is 3.05. The summed E-state index contributed by atoms with van der Waals surface area (Å²) in [5, 5.41) is 17.7. The molecule has 0 saturated carbocycles. The molecule has 0 radical (unpaired) electrons. The normalized spacial score (nSPS) is 16.2. The minimum absolute atomic E-state index is 0.0916. The fraction of sp³-hybridized carbons (Fsp3) is 0.488. The van der Waals surface area contributed by atoms with Gasteiger partial charge in [0.05, 0.1) is 12.1 Å². The maximum atomic E-state index is 13.6. The third-order valence-electron chi connectivity index (χ3n) is 9.52. The molecule has 2 aliphatic heterocycles. The number of aliphatic carboxylic acids is 1. The van der Waals surface area contributed by atoms with E-state index in [2.05, 4.69) is 51.6 Å². The highest BCUT2D eigenvalue weighted by Crippen LogP contribution is 2.28. The molecule has 2 heterocycles. The van der Waals surface area contributed by atoms with E-state index in [9.17, 15) is 14.4 Å². The standard InChI is InChI=1S/C41H52N4O5/c1-28-14-18-32(43-33-26-45(27-33)40(49)50-41(3,4)5)25-37(28)39(48)42-29(2)34-19-17-31(35-11-8-9-12-36(34)35)16-15-30-20-23-44(24-21-30)22-10-6-7-13-38(46)47/h8-9,11-12,14,17-19,25,29-30,33,43H,6-7,10,13,20-24,26-27H2,1-5H3,(H,42,48)(H,46,47). The van der Waals surface area contributed by atoms with Gasteiger partial charge >= 0.3 is 12.1 Å². The number of carboxylic acids is 1. The van der Waals surface area contributed by atoms with Gasteiger partial charge in [-0.1, -0.05) is 54.7 Å². The van der Waals surface area contributed by atoms with Crippen molar-refractivity contribution in [3.8, 4) is 11.8 Å². The molecule has 2 aliphatic rings. The lowest BCUT2D eigenvalue weighted by Gasteiger charge is -2.40. The number of piperidine rings is 1. The van der Waals surface area contributed by atoms with Gasteiger partial charge in [0.2, 0.25) is 0 Å². The van der Waals surface area contributed by atoms with E-state index >= 15 is 0 Å². The van der Waals surface area contributed by atoms with Crippen LogP contribution < -0.4 is 10.6 Å². The number of carbonyl (C=O) groups is 3. The van der Waals surface area contributed by atoms with E-state index in [0.29, 0.717) is 24.6 Å². The second-order valence-electron chi connectivity index (χ2n) is 14.8. The van der Waals surface area contributed by atoms with E-state index in [-0.39, 0.29) is 30.5 Å². The first-order chi connectivity index (χ1) is 23.9. The molecule has 1 unspecified atom stereocenters. The molecule has 0 bridgehead atoms. The zero-order valence-corrected chi connectivity index (χ0v) is 30.2. The van der Waals surface area contributed by atoms with Gasteiger partial charge in [-0.25, -0.2) is 4.79 Å². The van der Waals surface area contributed by atoms with Gasteiger partial charge in [-0.15, -0.1) is 0 Å². The van der Waals surface area contributed by atoms with Crippen LogP contribution >= 0.6 is 0 Å². The number of hydrogen-bond acceptors (Lipinski definition) is 6. The molecule has 0 aromatic heterocycles. The van der Waals surface area contributed by atoms with Crippen molar-refractivity contribution < 1.29 is 24.2 Å². The van der Waals surface area contributed by atoms with Gasteiger partial charge in [-0.3, -0.25) is 9.59 Å². The average molecular weight is 681 g/mol. The lowest BCUT2D eigenvalue weighted by molar-refractivity contribution is -0.137. The van der Waals surface area contributed by atoms with Crippen LogP contribution in [-0.2, 0) is 9.53 Å². The second-order valence-corrected chi connectivity index (χ2v) is 14.8. The SMILES string of the molecule is Cc1ccc(NC2CN(C(=O)OC(C)(C)C)C2)cc1C(=O)NC(C)c1ccc(C#CC2CCN(CCCCCC(=O)O)CC2)c2ccccc12. The molecule has 50 heavy (non-hydrogen) atoms. The van der Waals surface area contributed by atoms with Crippen LogP contribution in [0.2, 0.25) is 0 Å². The summed E-state index contributed by atoms with van der Waals surface area (Å²) < 4.78 is 5.46. The molecular formula is C41H52N4O5. The number of nitrogens with zero attached hydrogens (tertiary/aromatic N) is 2. The Morgan fingerprint density at radius 3 is 2.40 bits per heavy atom. The van der Waals surface area contributed by atoms with Crippen molar-refractivity contribution in [3.63, 3.8) is 0 Å². The van der Waals surface area contributed by atoms with E-state index in [1.807, 2.05) is 65.0 Å². The van der Waals surface area contributed by atoms with Crippen LogP contribution in [0.4, 0.5) is 10.5 Å². The third-order valence-corrected chi connectivity index (χ3v) is 9.52. The van der Waals surface area contributed by atoms with Crippen LogP contribution in [0.25, 0.3) is 10.8 Å². The number of likely N-dealkylation sites (tertiary alicyclic amines) is 2. The van der Waals surface area contributed by atoms with E-state index in [4.69, 9.17) is 9.84 Å². The molecule has 3 aromatic carbocycles. The summed E-state index contributed by atoms with van der Waals surface area (Å²) in [5.74, 6) is 6.54. The number of amides is 2. The molecule has 2 saturated heterocycles. The molecule has 0 aliphatic carbocycles. The summed E-state index contributed by atoms with van der Waals surface area (Å²) in [6.45, 7) is 13.7. The smallest absolute Gasteiger partial charge is 0.410 e. The molecule has 1 atom stereocenters. The minimum Gasteiger partial charge on any atom is -0.481 e. The van der Waals surface area contributed by atoms with E-state index in [1.54, 1.807) is 4.90 Å². The Bertz CT molecular complexity index is 1740. The lowest BCUT2D eigenvalue weighted by atomic mass is 9.94. The molecule has 3 aromatic rings. The first-order valence-electron chi connectivity index (χ1n) is 18.0. The van der Waals surface area contributed by atoms with Crippen LogP contribution in [0.15, 0.2) is 54.6 Å². The van der Waals surface area contributed by atoms with E-state index < -0.39 is 11.6 Å². The van der Waals surface area contributed by atoms with Gasteiger partial charge in [-0.2, -0.15) is 0 Å².